The lowest BCUT2D eigenvalue weighted by Crippen LogP contribution is -2.17. The maximum atomic E-state index is 12.9. The predicted molar refractivity (Wildman–Crippen MR) is 64.9 cm³/mol. The van der Waals surface area contributed by atoms with Gasteiger partial charge < -0.3 is 4.42 Å². The number of hydrazone groups is 1. The van der Waals surface area contributed by atoms with Crippen molar-refractivity contribution < 1.29 is 13.6 Å². The van der Waals surface area contributed by atoms with Gasteiger partial charge in [0.2, 0.25) is 0 Å². The summed E-state index contributed by atoms with van der Waals surface area (Å²) in [5, 5.41) is 3.72. The summed E-state index contributed by atoms with van der Waals surface area (Å²) in [6.07, 6.45) is 1.38. The third kappa shape index (κ3) is 3.04. The molecule has 0 radical (unpaired) electrons. The van der Waals surface area contributed by atoms with Gasteiger partial charge in [-0.2, -0.15) is 5.10 Å². The summed E-state index contributed by atoms with van der Waals surface area (Å²) >= 11 is 0. The van der Waals surface area contributed by atoms with Gasteiger partial charge in [-0.1, -0.05) is 6.07 Å². The Balaban J connectivity index is 1.98. The van der Waals surface area contributed by atoms with Gasteiger partial charge in [-0.15, -0.1) is 0 Å². The molecule has 0 atom stereocenters. The molecule has 0 aliphatic heterocycles. The minimum atomic E-state index is -0.478. The van der Waals surface area contributed by atoms with Crippen molar-refractivity contribution in [3.8, 4) is 0 Å². The molecule has 1 amide bonds. The molecule has 2 aromatic rings. The highest BCUT2D eigenvalue weighted by Gasteiger charge is 2.04. The van der Waals surface area contributed by atoms with Crippen LogP contribution in [0, 0.1) is 12.7 Å². The van der Waals surface area contributed by atoms with Crippen LogP contribution in [0.4, 0.5) is 4.39 Å². The smallest absolute Gasteiger partial charge is 0.271 e. The maximum Gasteiger partial charge on any atom is 0.271 e. The van der Waals surface area contributed by atoms with Crippen molar-refractivity contribution in [2.75, 3.05) is 0 Å². The van der Waals surface area contributed by atoms with Crippen LogP contribution in [0.1, 0.15) is 21.9 Å². The van der Waals surface area contributed by atoms with E-state index in [0.29, 0.717) is 5.76 Å². The summed E-state index contributed by atoms with van der Waals surface area (Å²) in [4.78, 5) is 11.6. The van der Waals surface area contributed by atoms with Crippen molar-refractivity contribution in [2.45, 2.75) is 6.92 Å². The van der Waals surface area contributed by atoms with Crippen molar-refractivity contribution in [1.82, 2.24) is 5.43 Å². The quantitative estimate of drug-likeness (QED) is 0.668. The Morgan fingerprint density at radius 2 is 2.22 bits per heavy atom. The van der Waals surface area contributed by atoms with Gasteiger partial charge in [-0.05, 0) is 37.3 Å². The Morgan fingerprint density at radius 1 is 1.39 bits per heavy atom. The normalized spacial score (nSPS) is 10.8. The zero-order chi connectivity index (χ0) is 13.0. The number of nitrogens with zero attached hydrogens (tertiary/aromatic N) is 1. The first-order valence-electron chi connectivity index (χ1n) is 5.30. The van der Waals surface area contributed by atoms with Crippen LogP contribution in [0.25, 0.3) is 0 Å². The molecule has 18 heavy (non-hydrogen) atoms. The largest absolute Gasteiger partial charge is 0.460 e. The van der Waals surface area contributed by atoms with Crippen LogP contribution in [-0.2, 0) is 0 Å². The molecule has 0 spiro atoms. The summed E-state index contributed by atoms with van der Waals surface area (Å²) in [5.74, 6) is 0.349. The minimum absolute atomic E-state index is 0.211. The SMILES string of the molecule is Cc1ccc(C=NNC(=O)c2cccc(F)c2)o1. The van der Waals surface area contributed by atoms with Crippen LogP contribution in [-0.4, -0.2) is 12.1 Å². The van der Waals surface area contributed by atoms with Crippen LogP contribution in [0.5, 0.6) is 0 Å². The lowest BCUT2D eigenvalue weighted by Gasteiger charge is -1.98. The number of furan rings is 1. The van der Waals surface area contributed by atoms with E-state index in [9.17, 15) is 9.18 Å². The minimum Gasteiger partial charge on any atom is -0.460 e. The first kappa shape index (κ1) is 12.0. The zero-order valence-corrected chi connectivity index (χ0v) is 9.68. The van der Waals surface area contributed by atoms with Gasteiger partial charge in [-0.25, -0.2) is 9.82 Å². The van der Waals surface area contributed by atoms with E-state index < -0.39 is 11.7 Å². The van der Waals surface area contributed by atoms with E-state index in [1.54, 1.807) is 12.1 Å². The standard InChI is InChI=1S/C13H11FN2O2/c1-9-5-6-12(18-9)8-15-16-13(17)10-3-2-4-11(14)7-10/h2-8H,1H3,(H,16,17). The molecule has 4 nitrogen and oxygen atoms in total. The molecule has 0 unspecified atom stereocenters. The number of amides is 1. The molecule has 0 aliphatic rings. The average Bonchev–Trinajstić information content (AvgIpc) is 2.75. The fraction of sp³-hybridized carbons (Fsp3) is 0.0769. The van der Waals surface area contributed by atoms with Crippen molar-refractivity contribution >= 4 is 12.1 Å². The third-order valence-electron chi connectivity index (χ3n) is 2.21. The van der Waals surface area contributed by atoms with Crippen molar-refractivity contribution in [3.05, 3.63) is 59.3 Å². The average molecular weight is 246 g/mol. The molecule has 0 aliphatic carbocycles. The highest BCUT2D eigenvalue weighted by molar-refractivity contribution is 5.94. The summed E-state index contributed by atoms with van der Waals surface area (Å²) in [7, 11) is 0. The Kier molecular flexibility index (Phi) is 3.52. The molecule has 1 N–H and O–H groups in total. The molecule has 1 heterocycles. The fourth-order valence-corrected chi connectivity index (χ4v) is 1.37. The Morgan fingerprint density at radius 3 is 2.89 bits per heavy atom. The number of aryl methyl sites for hydroxylation is 1. The van der Waals surface area contributed by atoms with Crippen molar-refractivity contribution in [1.29, 1.82) is 0 Å². The first-order chi connectivity index (χ1) is 8.65. The molecular formula is C13H11FN2O2. The van der Waals surface area contributed by atoms with Crippen molar-refractivity contribution in [2.24, 2.45) is 5.10 Å². The summed E-state index contributed by atoms with van der Waals surface area (Å²) in [6.45, 7) is 1.81. The predicted octanol–water partition coefficient (Wildman–Crippen LogP) is 2.49. The Labute approximate surface area is 103 Å². The number of halogens is 1. The summed E-state index contributed by atoms with van der Waals surface area (Å²) in [6, 6.07) is 8.89. The topological polar surface area (TPSA) is 54.6 Å². The Bertz CT molecular complexity index is 590. The second-order valence-electron chi connectivity index (χ2n) is 3.66. The van der Waals surface area contributed by atoms with E-state index in [2.05, 4.69) is 10.5 Å². The second kappa shape index (κ2) is 5.27. The number of carbonyl (C=O) groups is 1. The summed E-state index contributed by atoms with van der Waals surface area (Å²) < 4.78 is 18.1. The van der Waals surface area contributed by atoms with E-state index >= 15 is 0 Å². The number of carbonyl (C=O) groups excluding carboxylic acids is 1. The molecule has 1 aromatic carbocycles. The van der Waals surface area contributed by atoms with E-state index in [1.807, 2.05) is 6.92 Å². The van der Waals surface area contributed by atoms with Gasteiger partial charge in [0.15, 0.2) is 0 Å². The van der Waals surface area contributed by atoms with Gasteiger partial charge in [0.1, 0.15) is 17.3 Å². The van der Waals surface area contributed by atoms with Crippen LogP contribution >= 0.6 is 0 Å². The number of nitrogens with one attached hydrogen (secondary N) is 1. The molecule has 0 bridgehead atoms. The van der Waals surface area contributed by atoms with E-state index in [1.165, 1.54) is 24.4 Å². The monoisotopic (exact) mass is 246 g/mol. The number of benzene rings is 1. The first-order valence-corrected chi connectivity index (χ1v) is 5.30. The maximum absolute atomic E-state index is 12.9. The second-order valence-corrected chi connectivity index (χ2v) is 3.66. The van der Waals surface area contributed by atoms with Gasteiger partial charge in [0.25, 0.3) is 5.91 Å². The fourth-order valence-electron chi connectivity index (χ4n) is 1.37. The highest BCUT2D eigenvalue weighted by atomic mass is 19.1. The molecule has 1 aromatic heterocycles. The van der Waals surface area contributed by atoms with E-state index in [4.69, 9.17) is 4.42 Å². The van der Waals surface area contributed by atoms with Crippen LogP contribution < -0.4 is 5.43 Å². The number of hydrogen-bond donors (Lipinski definition) is 1. The van der Waals surface area contributed by atoms with Gasteiger partial charge in [0.05, 0.1) is 6.21 Å². The zero-order valence-electron chi connectivity index (χ0n) is 9.68. The molecule has 2 rings (SSSR count). The lowest BCUT2D eigenvalue weighted by atomic mass is 10.2. The van der Waals surface area contributed by atoms with Gasteiger partial charge in [0, 0.05) is 5.56 Å². The molecular weight excluding hydrogens is 235 g/mol. The molecule has 5 heteroatoms. The van der Waals surface area contributed by atoms with E-state index in [0.717, 1.165) is 11.8 Å². The van der Waals surface area contributed by atoms with Crippen LogP contribution in [0.3, 0.4) is 0 Å². The highest BCUT2D eigenvalue weighted by Crippen LogP contribution is 2.04. The molecule has 0 saturated heterocycles. The van der Waals surface area contributed by atoms with Crippen LogP contribution in [0.15, 0.2) is 45.9 Å². The molecule has 92 valence electrons. The lowest BCUT2D eigenvalue weighted by molar-refractivity contribution is 0.0954. The summed E-state index contributed by atoms with van der Waals surface area (Å²) in [5.41, 5.74) is 2.50. The van der Waals surface area contributed by atoms with Crippen LogP contribution in [0.2, 0.25) is 0 Å². The molecule has 0 fully saturated rings. The molecule has 0 saturated carbocycles. The van der Waals surface area contributed by atoms with Gasteiger partial charge in [-0.3, -0.25) is 4.79 Å². The number of rotatable bonds is 3. The third-order valence-corrected chi connectivity index (χ3v) is 2.21. The van der Waals surface area contributed by atoms with Crippen molar-refractivity contribution in [3.63, 3.8) is 0 Å². The Hall–Kier alpha value is -2.43. The van der Waals surface area contributed by atoms with E-state index in [-0.39, 0.29) is 5.56 Å². The number of hydrogen-bond acceptors (Lipinski definition) is 3. The van der Waals surface area contributed by atoms with Gasteiger partial charge >= 0.3 is 0 Å².